The van der Waals surface area contributed by atoms with Crippen LogP contribution in [0.25, 0.3) is 10.9 Å². The summed E-state index contributed by atoms with van der Waals surface area (Å²) in [4.78, 5) is 52.8. The molecule has 1 aromatic heterocycles. The minimum atomic E-state index is -0.590. The topological polar surface area (TPSA) is 113 Å². The number of carbonyl (C=O) groups excluding carboxylic acids is 4. The Balaban J connectivity index is 1.28. The first-order valence-corrected chi connectivity index (χ1v) is 14.4. The van der Waals surface area contributed by atoms with Gasteiger partial charge in [0, 0.05) is 42.1 Å². The molecule has 3 aromatic rings. The molecule has 1 heterocycles. The van der Waals surface area contributed by atoms with E-state index >= 15 is 0 Å². The van der Waals surface area contributed by atoms with Crippen molar-refractivity contribution in [1.29, 1.82) is 0 Å². The molecule has 11 heteroatoms. The van der Waals surface area contributed by atoms with Gasteiger partial charge in [-0.3, -0.25) is 23.9 Å². The lowest BCUT2D eigenvalue weighted by molar-refractivity contribution is -0.137. The molecular formula is C30H33ClFN5O4. The molecule has 2 aliphatic carbocycles. The minimum absolute atomic E-state index is 0.0119. The molecule has 2 saturated carbocycles. The van der Waals surface area contributed by atoms with Crippen molar-refractivity contribution >= 4 is 51.7 Å². The number of fused-ring (bicyclic) bond motifs is 1. The minimum Gasteiger partial charge on any atom is -0.350 e. The molecule has 0 spiro atoms. The van der Waals surface area contributed by atoms with Gasteiger partial charge in [0.25, 0.3) is 0 Å². The van der Waals surface area contributed by atoms with Crippen LogP contribution in [-0.2, 0) is 27.5 Å². The number of halogens is 2. The number of anilines is 1. The lowest BCUT2D eigenvalue weighted by atomic mass is 9.88. The maximum absolute atomic E-state index is 14.2. The lowest BCUT2D eigenvalue weighted by Gasteiger charge is -2.22. The zero-order valence-corrected chi connectivity index (χ0v) is 23.7. The fourth-order valence-electron chi connectivity index (χ4n) is 5.36. The van der Waals surface area contributed by atoms with Gasteiger partial charge in [0.2, 0.25) is 17.7 Å². The van der Waals surface area contributed by atoms with E-state index in [9.17, 15) is 23.6 Å². The van der Waals surface area contributed by atoms with Crippen LogP contribution in [0.2, 0.25) is 5.02 Å². The Hall–Kier alpha value is -3.79. The first-order valence-electron chi connectivity index (χ1n) is 14.0. The third-order valence-corrected chi connectivity index (χ3v) is 8.03. The summed E-state index contributed by atoms with van der Waals surface area (Å²) in [6.07, 6.45) is 6.56. The number of rotatable bonds is 10. The van der Waals surface area contributed by atoms with Crippen LogP contribution in [-0.4, -0.2) is 50.8 Å². The number of hydrogen-bond acceptors (Lipinski definition) is 5. The van der Waals surface area contributed by atoms with Crippen LogP contribution in [0.4, 0.5) is 10.1 Å². The highest BCUT2D eigenvalue weighted by molar-refractivity contribution is 6.30. The second-order valence-corrected chi connectivity index (χ2v) is 11.3. The normalized spacial score (nSPS) is 15.5. The fraction of sp³-hybridized carbons (Fsp3) is 0.433. The predicted octanol–water partition coefficient (Wildman–Crippen LogP) is 4.86. The number of benzene rings is 2. The Labute approximate surface area is 242 Å². The van der Waals surface area contributed by atoms with E-state index in [2.05, 4.69) is 15.7 Å². The SMILES string of the molecule is CC(=O)c1nn(CC(=O)N(CC(=O)NCc2cccc(Cl)c2F)C2CC2)c2ccc(NC(=O)C3CCCCC3)cc12. The number of carbonyl (C=O) groups is 4. The Morgan fingerprint density at radius 3 is 2.54 bits per heavy atom. The maximum atomic E-state index is 14.2. The summed E-state index contributed by atoms with van der Waals surface area (Å²) < 4.78 is 15.6. The summed E-state index contributed by atoms with van der Waals surface area (Å²) >= 11 is 5.82. The number of aromatic nitrogens is 2. The van der Waals surface area contributed by atoms with Gasteiger partial charge in [-0.2, -0.15) is 5.10 Å². The number of ketones is 1. The van der Waals surface area contributed by atoms with Crippen molar-refractivity contribution in [3.05, 3.63) is 58.5 Å². The van der Waals surface area contributed by atoms with Gasteiger partial charge in [-0.05, 0) is 49.9 Å². The van der Waals surface area contributed by atoms with Gasteiger partial charge in [0.1, 0.15) is 18.1 Å². The summed E-state index contributed by atoms with van der Waals surface area (Å²) in [7, 11) is 0. The Morgan fingerprint density at radius 2 is 1.83 bits per heavy atom. The number of hydrogen-bond donors (Lipinski definition) is 2. The summed E-state index contributed by atoms with van der Waals surface area (Å²) in [5.74, 6) is -1.62. The molecule has 0 bridgehead atoms. The predicted molar refractivity (Wildman–Crippen MR) is 153 cm³/mol. The van der Waals surface area contributed by atoms with E-state index in [1.807, 2.05) is 0 Å². The molecule has 2 fully saturated rings. The summed E-state index contributed by atoms with van der Waals surface area (Å²) in [6.45, 7) is 1.01. The molecule has 0 saturated heterocycles. The van der Waals surface area contributed by atoms with Gasteiger partial charge in [-0.15, -0.1) is 0 Å². The monoisotopic (exact) mass is 581 g/mol. The zero-order valence-electron chi connectivity index (χ0n) is 22.9. The molecule has 9 nitrogen and oxygen atoms in total. The van der Waals surface area contributed by atoms with Gasteiger partial charge in [-0.1, -0.05) is 43.0 Å². The third-order valence-electron chi connectivity index (χ3n) is 7.74. The molecule has 3 amide bonds. The number of amides is 3. The van der Waals surface area contributed by atoms with E-state index in [0.717, 1.165) is 44.9 Å². The highest BCUT2D eigenvalue weighted by atomic mass is 35.5. The summed E-state index contributed by atoms with van der Waals surface area (Å²) in [5.41, 5.74) is 1.62. The van der Waals surface area contributed by atoms with Crippen LogP contribution in [0.15, 0.2) is 36.4 Å². The van der Waals surface area contributed by atoms with Gasteiger partial charge >= 0.3 is 0 Å². The van der Waals surface area contributed by atoms with E-state index in [-0.39, 0.29) is 65.5 Å². The molecule has 41 heavy (non-hydrogen) atoms. The van der Waals surface area contributed by atoms with E-state index in [1.54, 1.807) is 24.3 Å². The van der Waals surface area contributed by atoms with Crippen LogP contribution in [0.5, 0.6) is 0 Å². The van der Waals surface area contributed by atoms with Crippen molar-refractivity contribution in [2.75, 3.05) is 11.9 Å². The average Bonchev–Trinajstić information content (AvgIpc) is 3.74. The highest BCUT2D eigenvalue weighted by Crippen LogP contribution is 2.29. The number of nitrogens with one attached hydrogen (secondary N) is 2. The number of nitrogens with zero attached hydrogens (tertiary/aromatic N) is 3. The molecule has 2 N–H and O–H groups in total. The molecular weight excluding hydrogens is 549 g/mol. The maximum Gasteiger partial charge on any atom is 0.245 e. The molecule has 216 valence electrons. The molecule has 5 rings (SSSR count). The Morgan fingerprint density at radius 1 is 1.07 bits per heavy atom. The van der Waals surface area contributed by atoms with E-state index in [0.29, 0.717) is 16.6 Å². The van der Waals surface area contributed by atoms with Crippen molar-refractivity contribution in [2.24, 2.45) is 5.92 Å². The molecule has 0 unspecified atom stereocenters. The average molecular weight is 582 g/mol. The Bertz CT molecular complexity index is 1500. The van der Waals surface area contributed by atoms with Crippen LogP contribution >= 0.6 is 11.6 Å². The van der Waals surface area contributed by atoms with Gasteiger partial charge in [0.05, 0.1) is 17.1 Å². The quantitative estimate of drug-likeness (QED) is 0.332. The molecule has 2 aromatic carbocycles. The third kappa shape index (κ3) is 6.75. The van der Waals surface area contributed by atoms with Crippen molar-refractivity contribution in [3.63, 3.8) is 0 Å². The van der Waals surface area contributed by atoms with Crippen LogP contribution < -0.4 is 10.6 Å². The van der Waals surface area contributed by atoms with Crippen molar-refractivity contribution < 1.29 is 23.6 Å². The number of Topliss-reactive ketones (excluding diaryl/α,β-unsaturated/α-hetero) is 1. The Kier molecular flexibility index (Phi) is 8.68. The molecule has 0 aliphatic heterocycles. The zero-order chi connectivity index (χ0) is 29.1. The molecule has 0 radical (unpaired) electrons. The van der Waals surface area contributed by atoms with Crippen molar-refractivity contribution in [3.8, 4) is 0 Å². The van der Waals surface area contributed by atoms with Crippen LogP contribution in [0.1, 0.15) is 67.9 Å². The largest absolute Gasteiger partial charge is 0.350 e. The summed E-state index contributed by atoms with van der Waals surface area (Å²) in [5, 5.41) is 10.6. The van der Waals surface area contributed by atoms with Crippen LogP contribution in [0, 0.1) is 11.7 Å². The van der Waals surface area contributed by atoms with Crippen molar-refractivity contribution in [2.45, 2.75) is 71.0 Å². The van der Waals surface area contributed by atoms with E-state index in [1.165, 1.54) is 28.6 Å². The first-order chi connectivity index (χ1) is 19.7. The van der Waals surface area contributed by atoms with E-state index in [4.69, 9.17) is 11.6 Å². The van der Waals surface area contributed by atoms with Gasteiger partial charge in [-0.25, -0.2) is 4.39 Å². The summed E-state index contributed by atoms with van der Waals surface area (Å²) in [6, 6.07) is 9.72. The highest BCUT2D eigenvalue weighted by Gasteiger charge is 2.34. The standard InChI is InChI=1S/C30H33ClFN5O4/c1-18(38)29-23-14-21(34-30(41)19-6-3-2-4-7-19)10-13-25(23)37(35-29)17-27(40)36(22-11-12-22)16-26(39)33-15-20-8-5-9-24(31)28(20)32/h5,8-10,13-14,19,22H,2-4,6-7,11-12,15-17H2,1H3,(H,33,39)(H,34,41). The van der Waals surface area contributed by atoms with E-state index < -0.39 is 11.7 Å². The van der Waals surface area contributed by atoms with Crippen LogP contribution in [0.3, 0.4) is 0 Å². The molecule has 0 atom stereocenters. The van der Waals surface area contributed by atoms with Crippen molar-refractivity contribution in [1.82, 2.24) is 20.0 Å². The van der Waals surface area contributed by atoms with Gasteiger partial charge in [0.15, 0.2) is 5.78 Å². The smallest absolute Gasteiger partial charge is 0.245 e. The van der Waals surface area contributed by atoms with Gasteiger partial charge < -0.3 is 15.5 Å². The second kappa shape index (κ2) is 12.4. The second-order valence-electron chi connectivity index (χ2n) is 10.9. The fourth-order valence-corrected chi connectivity index (χ4v) is 5.56. The lowest BCUT2D eigenvalue weighted by Crippen LogP contribution is -2.43. The molecule has 2 aliphatic rings. The first kappa shape index (κ1) is 28.7.